The zero-order valence-corrected chi connectivity index (χ0v) is 10.8. The molecule has 112 valence electrons. The van der Waals surface area contributed by atoms with Crippen molar-refractivity contribution in [2.45, 2.75) is 38.3 Å². The lowest BCUT2D eigenvalue weighted by atomic mass is 10.2. The molecule has 0 heterocycles. The third kappa shape index (κ3) is 14.1. The van der Waals surface area contributed by atoms with Gasteiger partial charge in [0.15, 0.2) is 0 Å². The third-order valence-corrected chi connectivity index (χ3v) is 2.07. The fraction of sp³-hybridized carbons (Fsp3) is 0.700. The van der Waals surface area contributed by atoms with Crippen molar-refractivity contribution in [3.05, 3.63) is 0 Å². The first-order valence-corrected chi connectivity index (χ1v) is 5.72. The Hall–Kier alpha value is -1.87. The summed E-state index contributed by atoms with van der Waals surface area (Å²) in [6.45, 7) is 2.09. The standard InChI is InChI=1S/C6H13N3O3.C4H9NO2/c7-4(5(10)11)2-1-3-9-6(8)12;1-2-3(5)4(6)7/h4H,1-3,7H2,(H,10,11)(H3,8,9,12);3H,2,5H2,1H3,(H,6,7)/t4-;/m0./s1. The number of carbonyl (C=O) groups excluding carboxylic acids is 1. The Labute approximate surface area is 111 Å². The number of carbonyl (C=O) groups is 3. The molecule has 0 aliphatic rings. The van der Waals surface area contributed by atoms with Gasteiger partial charge in [-0.25, -0.2) is 4.79 Å². The zero-order valence-electron chi connectivity index (χ0n) is 10.8. The van der Waals surface area contributed by atoms with Crippen LogP contribution in [-0.4, -0.2) is 46.8 Å². The van der Waals surface area contributed by atoms with E-state index in [1.807, 2.05) is 0 Å². The molecule has 0 spiro atoms. The van der Waals surface area contributed by atoms with Crippen molar-refractivity contribution in [3.63, 3.8) is 0 Å². The first kappa shape index (κ1) is 19.5. The van der Waals surface area contributed by atoms with Gasteiger partial charge in [0, 0.05) is 6.54 Å². The van der Waals surface area contributed by atoms with Crippen molar-refractivity contribution in [1.82, 2.24) is 5.32 Å². The van der Waals surface area contributed by atoms with E-state index in [0.29, 0.717) is 25.8 Å². The minimum absolute atomic E-state index is 0.329. The smallest absolute Gasteiger partial charge is 0.320 e. The van der Waals surface area contributed by atoms with E-state index in [1.54, 1.807) is 6.92 Å². The molecule has 9 heteroatoms. The van der Waals surface area contributed by atoms with E-state index in [1.165, 1.54) is 0 Å². The molecule has 2 amide bonds. The Kier molecular flexibility index (Phi) is 11.5. The van der Waals surface area contributed by atoms with Gasteiger partial charge in [-0.3, -0.25) is 9.59 Å². The minimum atomic E-state index is -1.03. The average Bonchev–Trinajstić information content (AvgIpc) is 2.33. The van der Waals surface area contributed by atoms with Crippen molar-refractivity contribution in [3.8, 4) is 0 Å². The number of rotatable bonds is 7. The van der Waals surface area contributed by atoms with Crippen LogP contribution in [0.5, 0.6) is 0 Å². The lowest BCUT2D eigenvalue weighted by molar-refractivity contribution is -0.139. The number of urea groups is 1. The highest BCUT2D eigenvalue weighted by Gasteiger charge is 2.09. The highest BCUT2D eigenvalue weighted by atomic mass is 16.4. The first-order valence-electron chi connectivity index (χ1n) is 5.72. The molecule has 0 aromatic rings. The molecule has 19 heavy (non-hydrogen) atoms. The molecule has 0 radical (unpaired) electrons. The molecule has 0 aliphatic carbocycles. The molecule has 0 fully saturated rings. The largest absolute Gasteiger partial charge is 0.480 e. The lowest BCUT2D eigenvalue weighted by Gasteiger charge is -2.05. The number of aliphatic carboxylic acids is 2. The van der Waals surface area contributed by atoms with Gasteiger partial charge in [0.05, 0.1) is 0 Å². The van der Waals surface area contributed by atoms with E-state index in [2.05, 4.69) is 5.32 Å². The molecule has 9 N–H and O–H groups in total. The second kappa shape index (κ2) is 11.2. The summed E-state index contributed by atoms with van der Waals surface area (Å²) in [7, 11) is 0. The fourth-order valence-electron chi connectivity index (χ4n) is 0.832. The zero-order chi connectivity index (χ0) is 15.4. The second-order valence-electron chi connectivity index (χ2n) is 3.73. The van der Waals surface area contributed by atoms with Crippen molar-refractivity contribution >= 4 is 18.0 Å². The Morgan fingerprint density at radius 1 is 1.11 bits per heavy atom. The van der Waals surface area contributed by atoms with E-state index in [4.69, 9.17) is 27.4 Å². The van der Waals surface area contributed by atoms with Crippen LogP contribution in [0.15, 0.2) is 0 Å². The van der Waals surface area contributed by atoms with E-state index in [0.717, 1.165) is 0 Å². The molecule has 0 aromatic heterocycles. The number of carboxylic acids is 2. The minimum Gasteiger partial charge on any atom is -0.480 e. The maximum Gasteiger partial charge on any atom is 0.320 e. The van der Waals surface area contributed by atoms with Crippen LogP contribution < -0.4 is 22.5 Å². The first-order chi connectivity index (χ1) is 8.72. The van der Waals surface area contributed by atoms with Crippen LogP contribution in [0.3, 0.4) is 0 Å². The Morgan fingerprint density at radius 2 is 1.58 bits per heavy atom. The van der Waals surface area contributed by atoms with Crippen LogP contribution in [0.1, 0.15) is 26.2 Å². The third-order valence-electron chi connectivity index (χ3n) is 2.07. The van der Waals surface area contributed by atoms with Gasteiger partial charge in [-0.05, 0) is 19.3 Å². The predicted molar refractivity (Wildman–Crippen MR) is 68.3 cm³/mol. The summed E-state index contributed by atoms with van der Waals surface area (Å²) in [4.78, 5) is 30.1. The lowest BCUT2D eigenvalue weighted by Crippen LogP contribution is -2.33. The predicted octanol–water partition coefficient (Wildman–Crippen LogP) is -1.34. The highest BCUT2D eigenvalue weighted by Crippen LogP contribution is 1.92. The summed E-state index contributed by atoms with van der Waals surface area (Å²) in [5, 5.41) is 18.7. The normalized spacial score (nSPS) is 12.6. The SMILES string of the molecule is CCC(N)C(=O)O.NC(=O)NCCC[C@H](N)C(=O)O. The summed E-state index contributed by atoms with van der Waals surface area (Å²) in [5.74, 6) is -1.96. The van der Waals surface area contributed by atoms with Gasteiger partial charge in [0.2, 0.25) is 0 Å². The summed E-state index contributed by atoms with van der Waals surface area (Å²) in [5.41, 5.74) is 15.0. The number of hydrogen-bond donors (Lipinski definition) is 6. The van der Waals surface area contributed by atoms with Crippen LogP contribution in [-0.2, 0) is 9.59 Å². The number of nitrogens with two attached hydrogens (primary N) is 3. The van der Waals surface area contributed by atoms with Crippen LogP contribution in [0.25, 0.3) is 0 Å². The van der Waals surface area contributed by atoms with Gasteiger partial charge in [-0.1, -0.05) is 6.92 Å². The molecule has 0 saturated carbocycles. The van der Waals surface area contributed by atoms with Crippen LogP contribution in [0.4, 0.5) is 4.79 Å². The second-order valence-corrected chi connectivity index (χ2v) is 3.73. The molecule has 0 bridgehead atoms. The maximum absolute atomic E-state index is 10.2. The topological polar surface area (TPSA) is 182 Å². The Bertz CT molecular complexity index is 298. The molecular weight excluding hydrogens is 256 g/mol. The van der Waals surface area contributed by atoms with Gasteiger partial charge in [-0.2, -0.15) is 0 Å². The molecule has 0 rings (SSSR count). The number of nitrogens with one attached hydrogen (secondary N) is 1. The van der Waals surface area contributed by atoms with Crippen molar-refractivity contribution < 1.29 is 24.6 Å². The fourth-order valence-corrected chi connectivity index (χ4v) is 0.832. The molecule has 2 atom stereocenters. The molecular formula is C10H22N4O5. The molecule has 0 aliphatic heterocycles. The quantitative estimate of drug-likeness (QED) is 0.311. The van der Waals surface area contributed by atoms with E-state index in [-0.39, 0.29) is 0 Å². The van der Waals surface area contributed by atoms with Crippen molar-refractivity contribution in [2.24, 2.45) is 17.2 Å². The van der Waals surface area contributed by atoms with E-state index in [9.17, 15) is 14.4 Å². The Balaban J connectivity index is 0. The summed E-state index contributed by atoms with van der Waals surface area (Å²) in [6.07, 6.45) is 1.33. The van der Waals surface area contributed by atoms with Crippen LogP contribution >= 0.6 is 0 Å². The van der Waals surface area contributed by atoms with Crippen LogP contribution in [0, 0.1) is 0 Å². The van der Waals surface area contributed by atoms with Gasteiger partial charge in [-0.15, -0.1) is 0 Å². The average molecular weight is 278 g/mol. The van der Waals surface area contributed by atoms with Gasteiger partial charge in [0.25, 0.3) is 0 Å². The maximum atomic E-state index is 10.2. The summed E-state index contributed by atoms with van der Waals surface area (Å²) >= 11 is 0. The summed E-state index contributed by atoms with van der Waals surface area (Å²) in [6, 6.07) is -2.15. The Morgan fingerprint density at radius 3 is 1.84 bits per heavy atom. The van der Waals surface area contributed by atoms with E-state index >= 15 is 0 Å². The molecule has 0 aromatic carbocycles. The number of carboxylic acid groups (broad SMARTS) is 2. The number of amides is 2. The number of hydrogen-bond acceptors (Lipinski definition) is 5. The van der Waals surface area contributed by atoms with Gasteiger partial charge >= 0.3 is 18.0 Å². The van der Waals surface area contributed by atoms with E-state index < -0.39 is 30.1 Å². The van der Waals surface area contributed by atoms with Crippen molar-refractivity contribution in [1.29, 1.82) is 0 Å². The van der Waals surface area contributed by atoms with Crippen molar-refractivity contribution in [2.75, 3.05) is 6.54 Å². The highest BCUT2D eigenvalue weighted by molar-refractivity contribution is 5.73. The van der Waals surface area contributed by atoms with Gasteiger partial charge in [0.1, 0.15) is 12.1 Å². The monoisotopic (exact) mass is 278 g/mol. The summed E-state index contributed by atoms with van der Waals surface area (Å²) < 4.78 is 0. The van der Waals surface area contributed by atoms with Crippen LogP contribution in [0.2, 0.25) is 0 Å². The molecule has 9 nitrogen and oxygen atoms in total. The number of primary amides is 1. The molecule has 0 saturated heterocycles. The van der Waals surface area contributed by atoms with Gasteiger partial charge < -0.3 is 32.7 Å². The molecule has 1 unspecified atom stereocenters.